The third-order valence-corrected chi connectivity index (χ3v) is 8.37. The van der Waals surface area contributed by atoms with Gasteiger partial charge in [-0.1, -0.05) is 6.07 Å². The summed E-state index contributed by atoms with van der Waals surface area (Å²) in [4.78, 5) is 23.4. The number of anilines is 2. The Hall–Kier alpha value is -3.78. The molecule has 0 spiro atoms. The molecule has 3 heterocycles. The van der Waals surface area contributed by atoms with Crippen molar-refractivity contribution in [1.82, 2.24) is 9.97 Å². The largest absolute Gasteiger partial charge is 0.416 e. The van der Waals surface area contributed by atoms with E-state index >= 15 is 0 Å². The predicted molar refractivity (Wildman–Crippen MR) is 134 cm³/mol. The number of pyridine rings is 2. The monoisotopic (exact) mass is 515 g/mol. The number of nitrogens with one attached hydrogen (secondary N) is 1. The third-order valence-electron chi connectivity index (χ3n) is 6.08. The molecule has 1 aliphatic rings. The number of nitriles is 1. The van der Waals surface area contributed by atoms with E-state index in [0.717, 1.165) is 12.1 Å². The van der Waals surface area contributed by atoms with E-state index in [-0.39, 0.29) is 11.3 Å². The van der Waals surface area contributed by atoms with Crippen LogP contribution in [0, 0.1) is 18.3 Å². The molecule has 0 bridgehead atoms. The number of aromatic nitrogens is 2. The second-order valence-corrected chi connectivity index (χ2v) is 12.3. The molecule has 11 heteroatoms. The second kappa shape index (κ2) is 9.70. The maximum atomic E-state index is 13.0. The van der Waals surface area contributed by atoms with Gasteiger partial charge in [0.25, 0.3) is 5.91 Å². The summed E-state index contributed by atoms with van der Waals surface area (Å²) in [6.45, 7) is 2.88. The molecule has 0 saturated carbocycles. The average Bonchev–Trinajstić information content (AvgIpc) is 2.84. The molecule has 7 nitrogen and oxygen atoms in total. The van der Waals surface area contributed by atoms with Gasteiger partial charge < -0.3 is 10.2 Å². The minimum atomic E-state index is -4.56. The molecule has 3 aromatic rings. The van der Waals surface area contributed by atoms with E-state index in [0.29, 0.717) is 52.8 Å². The van der Waals surface area contributed by atoms with E-state index in [1.54, 1.807) is 31.5 Å². The van der Waals surface area contributed by atoms with Crippen LogP contribution in [0.1, 0.15) is 27.2 Å². The van der Waals surface area contributed by atoms with Crippen molar-refractivity contribution in [1.29, 1.82) is 5.26 Å². The summed E-state index contributed by atoms with van der Waals surface area (Å²) in [5.74, 6) is 0.957. The molecule has 0 unspecified atom stereocenters. The first-order chi connectivity index (χ1) is 17.0. The molecule has 1 fully saturated rings. The van der Waals surface area contributed by atoms with Crippen molar-refractivity contribution in [2.24, 2.45) is 0 Å². The predicted octanol–water partition coefficient (Wildman–Crippen LogP) is 4.06. The fourth-order valence-corrected chi connectivity index (χ4v) is 5.53. The van der Waals surface area contributed by atoms with Gasteiger partial charge in [-0.15, -0.1) is 9.93 Å². The number of nitrogens with zero attached hydrogens (tertiary/aromatic N) is 4. The molecule has 36 heavy (non-hydrogen) atoms. The SMILES string of the molecule is Cc1ncc(NC(=O)c2cccc(C(F)(F)F)c2)cc1-c1cnc(N2CC[SH](C)(=O)CC2)c(C#N)c1. The average molecular weight is 516 g/mol. The summed E-state index contributed by atoms with van der Waals surface area (Å²) in [5.41, 5.74) is 1.44. The molecule has 1 amide bonds. The fourth-order valence-electron chi connectivity index (χ4n) is 3.97. The van der Waals surface area contributed by atoms with Crippen LogP contribution >= 0.6 is 0 Å². The second-order valence-electron chi connectivity index (χ2n) is 8.83. The van der Waals surface area contributed by atoms with Gasteiger partial charge in [0.2, 0.25) is 0 Å². The zero-order valence-electron chi connectivity index (χ0n) is 19.6. The van der Waals surface area contributed by atoms with Crippen LogP contribution in [-0.2, 0) is 16.1 Å². The lowest BCUT2D eigenvalue weighted by Gasteiger charge is -2.34. The Morgan fingerprint density at radius 1 is 1.14 bits per heavy atom. The van der Waals surface area contributed by atoms with Gasteiger partial charge in [0.15, 0.2) is 0 Å². The first kappa shape index (κ1) is 25.3. The van der Waals surface area contributed by atoms with Crippen molar-refractivity contribution in [3.05, 3.63) is 71.2 Å². The van der Waals surface area contributed by atoms with Gasteiger partial charge >= 0.3 is 6.18 Å². The Bertz CT molecular complexity index is 1410. The minimum Gasteiger partial charge on any atom is -0.354 e. The third kappa shape index (κ3) is 5.54. The van der Waals surface area contributed by atoms with Crippen LogP contribution in [0.15, 0.2) is 48.8 Å². The van der Waals surface area contributed by atoms with E-state index in [4.69, 9.17) is 0 Å². The highest BCUT2D eigenvalue weighted by atomic mass is 32.2. The van der Waals surface area contributed by atoms with Gasteiger partial charge in [-0.2, -0.15) is 18.4 Å². The Morgan fingerprint density at radius 2 is 1.86 bits per heavy atom. The standard InChI is InChI=1S/C25H24F3N5O2S/c1-16-22(19-10-18(13-29)23(31-14-19)33-6-8-36(2,35)9-7-33)12-21(15-30-16)32-24(34)17-4-3-5-20(11-17)25(26,27)28/h3-5,10-12,14-15,36H,6-9H2,1-2H3,(H,32,34). The molecule has 4 rings (SSSR count). The normalized spacial score (nSPS) is 16.2. The summed E-state index contributed by atoms with van der Waals surface area (Å²) in [6.07, 6.45) is 0.254. The van der Waals surface area contributed by atoms with Crippen molar-refractivity contribution in [3.8, 4) is 17.2 Å². The van der Waals surface area contributed by atoms with Crippen LogP contribution in [0.4, 0.5) is 24.7 Å². The Balaban J connectivity index is 1.59. The molecule has 188 valence electrons. The van der Waals surface area contributed by atoms with E-state index in [1.807, 2.05) is 4.90 Å². The van der Waals surface area contributed by atoms with Gasteiger partial charge in [0.05, 0.1) is 23.0 Å². The molecule has 1 saturated heterocycles. The van der Waals surface area contributed by atoms with Crippen molar-refractivity contribution >= 4 is 27.3 Å². The Kier molecular flexibility index (Phi) is 6.82. The number of thiol groups is 1. The van der Waals surface area contributed by atoms with Crippen LogP contribution in [-0.4, -0.2) is 50.9 Å². The zero-order valence-corrected chi connectivity index (χ0v) is 20.5. The maximum Gasteiger partial charge on any atom is 0.416 e. The van der Waals surface area contributed by atoms with Crippen LogP contribution in [0.3, 0.4) is 0 Å². The van der Waals surface area contributed by atoms with Crippen LogP contribution in [0.2, 0.25) is 0 Å². The minimum absolute atomic E-state index is 0.136. The van der Waals surface area contributed by atoms with E-state index in [2.05, 4.69) is 21.4 Å². The number of alkyl halides is 3. The Morgan fingerprint density at radius 3 is 2.53 bits per heavy atom. The molecule has 2 aromatic heterocycles. The van der Waals surface area contributed by atoms with Crippen LogP contribution in [0.5, 0.6) is 0 Å². The van der Waals surface area contributed by atoms with Crippen LogP contribution < -0.4 is 10.2 Å². The smallest absolute Gasteiger partial charge is 0.354 e. The lowest BCUT2D eigenvalue weighted by Crippen LogP contribution is -2.43. The lowest BCUT2D eigenvalue weighted by atomic mass is 10.0. The highest BCUT2D eigenvalue weighted by molar-refractivity contribution is 8.02. The quantitative estimate of drug-likeness (QED) is 0.509. The molecule has 1 aromatic carbocycles. The van der Waals surface area contributed by atoms with E-state index in [1.165, 1.54) is 18.3 Å². The van der Waals surface area contributed by atoms with Crippen molar-refractivity contribution in [2.45, 2.75) is 13.1 Å². The number of benzene rings is 1. The number of hydrogen-bond donors (Lipinski definition) is 2. The topological polar surface area (TPSA) is 99.0 Å². The summed E-state index contributed by atoms with van der Waals surface area (Å²) >= 11 is 0. The summed E-state index contributed by atoms with van der Waals surface area (Å²) < 4.78 is 51.3. The number of aryl methyl sites for hydroxylation is 1. The molecule has 0 radical (unpaired) electrons. The number of amides is 1. The number of carbonyl (C=O) groups is 1. The summed E-state index contributed by atoms with van der Waals surface area (Å²) in [5, 5.41) is 12.3. The lowest BCUT2D eigenvalue weighted by molar-refractivity contribution is -0.137. The molecule has 0 atom stereocenters. The molecular weight excluding hydrogens is 491 g/mol. The van der Waals surface area contributed by atoms with Gasteiger partial charge in [0.1, 0.15) is 11.9 Å². The number of halogens is 3. The highest BCUT2D eigenvalue weighted by Gasteiger charge is 2.31. The first-order valence-corrected chi connectivity index (χ1v) is 13.7. The van der Waals surface area contributed by atoms with Gasteiger partial charge in [0, 0.05) is 53.2 Å². The first-order valence-electron chi connectivity index (χ1n) is 11.1. The highest BCUT2D eigenvalue weighted by Crippen LogP contribution is 2.31. The molecule has 1 N–H and O–H groups in total. The van der Waals surface area contributed by atoms with Gasteiger partial charge in [-0.05, 0) is 43.5 Å². The zero-order chi connectivity index (χ0) is 26.1. The van der Waals surface area contributed by atoms with E-state index in [9.17, 15) is 27.4 Å². The maximum absolute atomic E-state index is 13.0. The van der Waals surface area contributed by atoms with Crippen molar-refractivity contribution in [3.63, 3.8) is 0 Å². The molecule has 0 aliphatic carbocycles. The van der Waals surface area contributed by atoms with Gasteiger partial charge in [-0.25, -0.2) is 4.98 Å². The number of hydrogen-bond acceptors (Lipinski definition) is 6. The van der Waals surface area contributed by atoms with Crippen LogP contribution in [0.25, 0.3) is 11.1 Å². The van der Waals surface area contributed by atoms with Gasteiger partial charge in [-0.3, -0.25) is 14.0 Å². The number of carbonyl (C=O) groups excluding carboxylic acids is 1. The molecular formula is C25H24F3N5O2S. The Labute approximate surface area is 207 Å². The fraction of sp³-hybridized carbons (Fsp3) is 0.280. The summed E-state index contributed by atoms with van der Waals surface area (Å²) in [7, 11) is -2.13. The van der Waals surface area contributed by atoms with E-state index < -0.39 is 27.6 Å². The van der Waals surface area contributed by atoms with Crippen molar-refractivity contribution in [2.75, 3.05) is 41.1 Å². The number of rotatable bonds is 4. The van der Waals surface area contributed by atoms with Crippen molar-refractivity contribution < 1.29 is 22.2 Å². The molecule has 1 aliphatic heterocycles. The summed E-state index contributed by atoms with van der Waals surface area (Å²) in [6, 6.07) is 9.66.